The van der Waals surface area contributed by atoms with Gasteiger partial charge >= 0.3 is 0 Å². The third-order valence-electron chi connectivity index (χ3n) is 5.64. The summed E-state index contributed by atoms with van der Waals surface area (Å²) in [6, 6.07) is 8.17. The number of likely N-dealkylation sites (tertiary alicyclic amines) is 1. The zero-order valence-electron chi connectivity index (χ0n) is 13.2. The first-order valence-corrected chi connectivity index (χ1v) is 8.35. The molecule has 2 aromatic rings. The van der Waals surface area contributed by atoms with Gasteiger partial charge in [0.2, 0.25) is 5.91 Å². The van der Waals surface area contributed by atoms with E-state index < -0.39 is 5.72 Å². The number of hydrogen-bond acceptors (Lipinski definition) is 2. The molecule has 1 saturated carbocycles. The summed E-state index contributed by atoms with van der Waals surface area (Å²) in [5.41, 5.74) is 1.26. The Balaban J connectivity index is 1.57. The normalized spacial score (nSPS) is 29.6. The molecule has 3 atom stereocenters. The highest BCUT2D eigenvalue weighted by Crippen LogP contribution is 2.52. The first-order valence-electron chi connectivity index (χ1n) is 8.35. The number of nitrogens with zero attached hydrogens (tertiary/aromatic N) is 1. The van der Waals surface area contributed by atoms with E-state index in [2.05, 4.69) is 17.6 Å². The van der Waals surface area contributed by atoms with Crippen LogP contribution in [0.5, 0.6) is 0 Å². The Kier molecular flexibility index (Phi) is 3.31. The average molecular weight is 310 g/mol. The van der Waals surface area contributed by atoms with Crippen LogP contribution >= 0.6 is 0 Å². The summed E-state index contributed by atoms with van der Waals surface area (Å²) in [6.45, 7) is 4.31. The van der Waals surface area contributed by atoms with Crippen molar-refractivity contribution in [3.63, 3.8) is 0 Å². The topological polar surface area (TPSA) is 56.3 Å². The van der Waals surface area contributed by atoms with Gasteiger partial charge < -0.3 is 15.0 Å². The highest BCUT2D eigenvalue weighted by Gasteiger charge is 2.60. The molecule has 1 aromatic heterocycles. The Hall–Kier alpha value is -2.07. The van der Waals surface area contributed by atoms with E-state index in [1.165, 1.54) is 10.9 Å². The molecule has 120 valence electrons. The average Bonchev–Trinajstić information content (AvgIpc) is 2.94. The monoisotopic (exact) mass is 310 g/mol. The SMILES string of the molecule is C=CCC1(O)[C@H]2CC[C@H]2C(=O)N1CCc1c[nH]c2ccccc12. The summed E-state index contributed by atoms with van der Waals surface area (Å²) in [5, 5.41) is 12.3. The molecule has 23 heavy (non-hydrogen) atoms. The molecular weight excluding hydrogens is 288 g/mol. The van der Waals surface area contributed by atoms with Crippen LogP contribution in [0.25, 0.3) is 10.9 Å². The Morgan fingerprint density at radius 1 is 1.39 bits per heavy atom. The lowest BCUT2D eigenvalue weighted by Gasteiger charge is -2.40. The van der Waals surface area contributed by atoms with Crippen LogP contribution in [0.2, 0.25) is 0 Å². The smallest absolute Gasteiger partial charge is 0.228 e. The van der Waals surface area contributed by atoms with Crippen molar-refractivity contribution in [2.24, 2.45) is 11.8 Å². The summed E-state index contributed by atoms with van der Waals surface area (Å²) in [6.07, 6.45) is 6.78. The lowest BCUT2D eigenvalue weighted by Crippen LogP contribution is -2.50. The number of fused-ring (bicyclic) bond motifs is 2. The summed E-state index contributed by atoms with van der Waals surface area (Å²) in [5.74, 6) is 0.212. The molecule has 2 aliphatic rings. The largest absolute Gasteiger partial charge is 0.370 e. The second-order valence-electron chi connectivity index (χ2n) is 6.76. The van der Waals surface area contributed by atoms with Gasteiger partial charge in [0.15, 0.2) is 0 Å². The van der Waals surface area contributed by atoms with Gasteiger partial charge in [0.05, 0.1) is 0 Å². The van der Waals surface area contributed by atoms with Crippen LogP contribution in [0.15, 0.2) is 43.1 Å². The van der Waals surface area contributed by atoms with Gasteiger partial charge in [-0.3, -0.25) is 4.79 Å². The van der Waals surface area contributed by atoms with Gasteiger partial charge in [-0.2, -0.15) is 0 Å². The molecule has 1 amide bonds. The molecule has 2 fully saturated rings. The maximum atomic E-state index is 12.6. The number of aromatic nitrogens is 1. The molecule has 1 aliphatic carbocycles. The molecule has 1 aliphatic heterocycles. The highest BCUT2D eigenvalue weighted by molar-refractivity contribution is 5.85. The van der Waals surface area contributed by atoms with Crippen LogP contribution in [0.1, 0.15) is 24.8 Å². The van der Waals surface area contributed by atoms with E-state index >= 15 is 0 Å². The number of H-pyrrole nitrogens is 1. The van der Waals surface area contributed by atoms with E-state index in [9.17, 15) is 9.90 Å². The van der Waals surface area contributed by atoms with Gasteiger partial charge in [0.1, 0.15) is 5.72 Å². The molecule has 1 saturated heterocycles. The minimum atomic E-state index is -1.03. The molecule has 2 heterocycles. The molecule has 0 spiro atoms. The number of benzene rings is 1. The molecule has 4 nitrogen and oxygen atoms in total. The zero-order valence-corrected chi connectivity index (χ0v) is 13.2. The van der Waals surface area contributed by atoms with E-state index in [0.717, 1.165) is 24.8 Å². The number of carbonyl (C=O) groups is 1. The second-order valence-corrected chi connectivity index (χ2v) is 6.76. The van der Waals surface area contributed by atoms with Crippen LogP contribution in [-0.2, 0) is 11.2 Å². The second kappa shape index (κ2) is 5.24. The van der Waals surface area contributed by atoms with Crippen LogP contribution in [0.3, 0.4) is 0 Å². The predicted octanol–water partition coefficient (Wildman–Crippen LogP) is 2.84. The standard InChI is InChI=1S/C19H22N2O2/c1-2-10-19(23)16-8-7-15(16)18(22)21(19)11-9-13-12-20-17-6-4-3-5-14(13)17/h2-6,12,15-16,20,23H,1,7-11H2/t15-,16+,19?/m1/s1. The van der Waals surface area contributed by atoms with E-state index in [1.807, 2.05) is 24.4 Å². The summed E-state index contributed by atoms with van der Waals surface area (Å²) >= 11 is 0. The van der Waals surface area contributed by atoms with Crippen molar-refractivity contribution in [3.8, 4) is 0 Å². The fraction of sp³-hybridized carbons (Fsp3) is 0.421. The lowest BCUT2D eigenvalue weighted by molar-refractivity contribution is -0.149. The molecule has 1 aromatic carbocycles. The number of rotatable bonds is 5. The van der Waals surface area contributed by atoms with Crippen molar-refractivity contribution >= 4 is 16.8 Å². The Bertz CT molecular complexity index is 766. The van der Waals surface area contributed by atoms with Gasteiger partial charge in [0, 0.05) is 41.9 Å². The Morgan fingerprint density at radius 2 is 2.22 bits per heavy atom. The number of nitrogens with one attached hydrogen (secondary N) is 1. The number of amides is 1. The third kappa shape index (κ3) is 2.05. The van der Waals surface area contributed by atoms with Crippen LogP contribution in [0.4, 0.5) is 0 Å². The summed E-state index contributed by atoms with van der Waals surface area (Å²) in [4.78, 5) is 17.6. The van der Waals surface area contributed by atoms with Crippen molar-refractivity contribution in [1.29, 1.82) is 0 Å². The number of para-hydroxylation sites is 1. The first-order chi connectivity index (χ1) is 11.1. The molecule has 4 rings (SSSR count). The minimum Gasteiger partial charge on any atom is -0.370 e. The van der Waals surface area contributed by atoms with Crippen LogP contribution < -0.4 is 0 Å². The minimum absolute atomic E-state index is 0.0166. The molecule has 0 radical (unpaired) electrons. The van der Waals surface area contributed by atoms with Gasteiger partial charge in [-0.15, -0.1) is 6.58 Å². The fourth-order valence-electron chi connectivity index (χ4n) is 4.29. The third-order valence-corrected chi connectivity index (χ3v) is 5.64. The quantitative estimate of drug-likeness (QED) is 0.834. The van der Waals surface area contributed by atoms with E-state index in [0.29, 0.717) is 13.0 Å². The predicted molar refractivity (Wildman–Crippen MR) is 89.7 cm³/mol. The molecule has 4 heteroatoms. The number of hydrogen-bond donors (Lipinski definition) is 2. The fourth-order valence-corrected chi connectivity index (χ4v) is 4.29. The molecular formula is C19H22N2O2. The Morgan fingerprint density at radius 3 is 2.96 bits per heavy atom. The number of aliphatic hydroxyl groups is 1. The van der Waals surface area contributed by atoms with E-state index in [-0.39, 0.29) is 17.7 Å². The van der Waals surface area contributed by atoms with Crippen molar-refractivity contribution in [1.82, 2.24) is 9.88 Å². The number of aromatic amines is 1. The van der Waals surface area contributed by atoms with Gasteiger partial charge in [-0.05, 0) is 30.9 Å². The van der Waals surface area contributed by atoms with E-state index in [1.54, 1.807) is 11.0 Å². The van der Waals surface area contributed by atoms with E-state index in [4.69, 9.17) is 0 Å². The summed E-state index contributed by atoms with van der Waals surface area (Å²) < 4.78 is 0. The van der Waals surface area contributed by atoms with Crippen molar-refractivity contribution in [2.75, 3.05) is 6.54 Å². The first kappa shape index (κ1) is 14.5. The maximum Gasteiger partial charge on any atom is 0.228 e. The van der Waals surface area contributed by atoms with Crippen molar-refractivity contribution < 1.29 is 9.90 Å². The maximum absolute atomic E-state index is 12.6. The van der Waals surface area contributed by atoms with Crippen molar-refractivity contribution in [2.45, 2.75) is 31.4 Å². The van der Waals surface area contributed by atoms with Gasteiger partial charge in [-0.1, -0.05) is 24.3 Å². The number of carbonyl (C=O) groups excluding carboxylic acids is 1. The molecule has 0 bridgehead atoms. The van der Waals surface area contributed by atoms with Crippen LogP contribution in [0, 0.1) is 11.8 Å². The van der Waals surface area contributed by atoms with Crippen LogP contribution in [-0.4, -0.2) is 33.2 Å². The molecule has 1 unspecified atom stereocenters. The highest BCUT2D eigenvalue weighted by atomic mass is 16.3. The van der Waals surface area contributed by atoms with Gasteiger partial charge in [-0.25, -0.2) is 0 Å². The zero-order chi connectivity index (χ0) is 16.0. The van der Waals surface area contributed by atoms with Gasteiger partial charge in [0.25, 0.3) is 0 Å². The summed E-state index contributed by atoms with van der Waals surface area (Å²) in [7, 11) is 0. The Labute approximate surface area is 135 Å². The lowest BCUT2D eigenvalue weighted by atomic mass is 9.70. The van der Waals surface area contributed by atoms with Crippen molar-refractivity contribution in [3.05, 3.63) is 48.7 Å². The molecule has 2 N–H and O–H groups in total.